The molecule has 3 rings (SSSR count). The lowest BCUT2D eigenvalue weighted by atomic mass is 10.2. The van der Waals surface area contributed by atoms with Crippen molar-refractivity contribution in [2.45, 2.75) is 13.8 Å². The molecule has 0 atom stereocenters. The second kappa shape index (κ2) is 6.81. The highest BCUT2D eigenvalue weighted by Gasteiger charge is 2.27. The van der Waals surface area contributed by atoms with E-state index in [0.717, 1.165) is 11.3 Å². The molecule has 2 amide bonds. The van der Waals surface area contributed by atoms with Crippen LogP contribution < -0.4 is 0 Å². The van der Waals surface area contributed by atoms with Crippen LogP contribution in [0.25, 0.3) is 5.69 Å². The summed E-state index contributed by atoms with van der Waals surface area (Å²) in [6.07, 6.45) is 1.76. The van der Waals surface area contributed by atoms with E-state index in [1.54, 1.807) is 26.6 Å². The summed E-state index contributed by atoms with van der Waals surface area (Å²) in [4.78, 5) is 27.9. The topological polar surface area (TPSA) is 69.3 Å². The van der Waals surface area contributed by atoms with Gasteiger partial charge in [-0.3, -0.25) is 9.59 Å². The van der Waals surface area contributed by atoms with Gasteiger partial charge in [-0.1, -0.05) is 12.1 Å². The lowest BCUT2D eigenvalue weighted by Gasteiger charge is -2.34. The number of aromatic nitrogens is 1. The zero-order valence-corrected chi connectivity index (χ0v) is 14.4. The molecule has 6 heteroatoms. The molecule has 0 radical (unpaired) electrons. The molecule has 0 saturated carbocycles. The van der Waals surface area contributed by atoms with Crippen molar-refractivity contribution in [2.75, 3.05) is 26.2 Å². The van der Waals surface area contributed by atoms with Gasteiger partial charge in [-0.15, -0.1) is 0 Å². The Morgan fingerprint density at radius 3 is 2.36 bits per heavy atom. The SMILES string of the molecule is CC(=O)N1CCN(C(=O)c2c(C#N)ccn2-c2cccc(C)c2)CC1. The van der Waals surface area contributed by atoms with Crippen LogP contribution in [0.15, 0.2) is 36.5 Å². The summed E-state index contributed by atoms with van der Waals surface area (Å²) >= 11 is 0. The summed E-state index contributed by atoms with van der Waals surface area (Å²) in [7, 11) is 0. The molecule has 0 spiro atoms. The Balaban J connectivity index is 1.92. The normalized spacial score (nSPS) is 14.3. The van der Waals surface area contributed by atoms with Crippen molar-refractivity contribution in [1.82, 2.24) is 14.4 Å². The number of hydrogen-bond donors (Lipinski definition) is 0. The summed E-state index contributed by atoms with van der Waals surface area (Å²) in [6.45, 7) is 5.52. The van der Waals surface area contributed by atoms with Crippen molar-refractivity contribution in [2.24, 2.45) is 0 Å². The molecule has 1 aliphatic heterocycles. The third kappa shape index (κ3) is 3.26. The van der Waals surface area contributed by atoms with Crippen LogP contribution in [-0.4, -0.2) is 52.4 Å². The molecule has 1 aromatic carbocycles. The van der Waals surface area contributed by atoms with Crippen LogP contribution >= 0.6 is 0 Å². The number of hydrogen-bond acceptors (Lipinski definition) is 3. The van der Waals surface area contributed by atoms with Crippen LogP contribution in [-0.2, 0) is 4.79 Å². The molecule has 1 saturated heterocycles. The van der Waals surface area contributed by atoms with Crippen LogP contribution in [0.2, 0.25) is 0 Å². The van der Waals surface area contributed by atoms with Gasteiger partial charge >= 0.3 is 0 Å². The van der Waals surface area contributed by atoms with Gasteiger partial charge in [-0.2, -0.15) is 5.26 Å². The smallest absolute Gasteiger partial charge is 0.272 e. The molecule has 1 aliphatic rings. The lowest BCUT2D eigenvalue weighted by molar-refractivity contribution is -0.130. The fraction of sp³-hybridized carbons (Fsp3) is 0.316. The molecule has 2 heterocycles. The second-order valence-electron chi connectivity index (χ2n) is 6.20. The first kappa shape index (κ1) is 16.8. The largest absolute Gasteiger partial charge is 0.339 e. The van der Waals surface area contributed by atoms with Gasteiger partial charge in [0, 0.05) is 45.0 Å². The monoisotopic (exact) mass is 336 g/mol. The molecule has 6 nitrogen and oxygen atoms in total. The molecule has 0 unspecified atom stereocenters. The van der Waals surface area contributed by atoms with Gasteiger partial charge in [0.05, 0.1) is 5.56 Å². The van der Waals surface area contributed by atoms with Gasteiger partial charge < -0.3 is 14.4 Å². The molecule has 0 aliphatic carbocycles. The predicted octanol–water partition coefficient (Wildman–Crippen LogP) is 1.96. The molecule has 2 aromatic rings. The van der Waals surface area contributed by atoms with Crippen molar-refractivity contribution in [3.63, 3.8) is 0 Å². The first-order valence-corrected chi connectivity index (χ1v) is 8.24. The second-order valence-corrected chi connectivity index (χ2v) is 6.20. The lowest BCUT2D eigenvalue weighted by Crippen LogP contribution is -2.50. The van der Waals surface area contributed by atoms with Gasteiger partial charge in [0.25, 0.3) is 5.91 Å². The molecule has 128 valence electrons. The average Bonchev–Trinajstić information content (AvgIpc) is 3.05. The first-order valence-electron chi connectivity index (χ1n) is 8.24. The predicted molar refractivity (Wildman–Crippen MR) is 93.4 cm³/mol. The number of aryl methyl sites for hydroxylation is 1. The van der Waals surface area contributed by atoms with E-state index in [-0.39, 0.29) is 11.8 Å². The Kier molecular flexibility index (Phi) is 4.57. The fourth-order valence-electron chi connectivity index (χ4n) is 3.11. The van der Waals surface area contributed by atoms with Crippen LogP contribution in [0.4, 0.5) is 0 Å². The third-order valence-electron chi connectivity index (χ3n) is 4.50. The highest BCUT2D eigenvalue weighted by atomic mass is 16.2. The number of piperazine rings is 1. The van der Waals surface area contributed by atoms with Crippen molar-refractivity contribution >= 4 is 11.8 Å². The minimum absolute atomic E-state index is 0.0212. The minimum Gasteiger partial charge on any atom is -0.339 e. The summed E-state index contributed by atoms with van der Waals surface area (Å²) in [6, 6.07) is 11.6. The van der Waals surface area contributed by atoms with Gasteiger partial charge in [-0.05, 0) is 30.7 Å². The Labute approximate surface area is 146 Å². The molecular weight excluding hydrogens is 316 g/mol. The summed E-state index contributed by atoms with van der Waals surface area (Å²) in [5.41, 5.74) is 2.68. The van der Waals surface area contributed by atoms with Crippen molar-refractivity contribution in [3.8, 4) is 11.8 Å². The zero-order chi connectivity index (χ0) is 18.0. The Hall–Kier alpha value is -3.07. The van der Waals surface area contributed by atoms with E-state index >= 15 is 0 Å². The maximum absolute atomic E-state index is 13.0. The summed E-state index contributed by atoms with van der Waals surface area (Å²) in [5.74, 6) is -0.154. The van der Waals surface area contributed by atoms with Gasteiger partial charge in [0.1, 0.15) is 11.8 Å². The maximum Gasteiger partial charge on any atom is 0.272 e. The van der Waals surface area contributed by atoms with E-state index in [2.05, 4.69) is 6.07 Å². The molecule has 1 aromatic heterocycles. The van der Waals surface area contributed by atoms with Crippen LogP contribution in [0.1, 0.15) is 28.5 Å². The van der Waals surface area contributed by atoms with Gasteiger partial charge in [0.15, 0.2) is 0 Å². The molecule has 0 N–H and O–H groups in total. The number of nitrogens with zero attached hydrogens (tertiary/aromatic N) is 4. The van der Waals surface area contributed by atoms with Crippen molar-refractivity contribution in [1.29, 1.82) is 5.26 Å². The molecule has 1 fully saturated rings. The van der Waals surface area contributed by atoms with E-state index in [4.69, 9.17) is 0 Å². The van der Waals surface area contributed by atoms with E-state index < -0.39 is 0 Å². The van der Waals surface area contributed by atoms with E-state index in [1.165, 1.54) is 6.92 Å². The molecule has 0 bridgehead atoms. The van der Waals surface area contributed by atoms with Crippen molar-refractivity contribution in [3.05, 3.63) is 53.3 Å². The number of carbonyl (C=O) groups is 2. The Bertz CT molecular complexity index is 855. The van der Waals surface area contributed by atoms with Crippen molar-refractivity contribution < 1.29 is 9.59 Å². The average molecular weight is 336 g/mol. The number of rotatable bonds is 2. The van der Waals surface area contributed by atoms with E-state index in [1.807, 2.05) is 31.2 Å². The summed E-state index contributed by atoms with van der Waals surface area (Å²) < 4.78 is 1.77. The standard InChI is InChI=1S/C19H20N4O2/c1-14-4-3-5-17(12-14)23-7-6-16(13-20)18(23)19(25)22-10-8-21(9-11-22)15(2)24/h3-7,12H,8-11H2,1-2H3. The van der Waals surface area contributed by atoms with E-state index in [9.17, 15) is 14.9 Å². The number of carbonyl (C=O) groups excluding carboxylic acids is 2. The van der Waals surface area contributed by atoms with E-state index in [0.29, 0.717) is 37.4 Å². The number of nitriles is 1. The van der Waals surface area contributed by atoms with Crippen LogP contribution in [0, 0.1) is 18.3 Å². The molecular formula is C19H20N4O2. The molecule has 25 heavy (non-hydrogen) atoms. The van der Waals surface area contributed by atoms with Crippen LogP contribution in [0.3, 0.4) is 0 Å². The third-order valence-corrected chi connectivity index (χ3v) is 4.50. The summed E-state index contributed by atoms with van der Waals surface area (Å²) in [5, 5.41) is 9.41. The quantitative estimate of drug-likeness (QED) is 0.842. The number of amides is 2. The minimum atomic E-state index is -0.175. The number of benzene rings is 1. The first-order chi connectivity index (χ1) is 12.0. The fourth-order valence-corrected chi connectivity index (χ4v) is 3.11. The van der Waals surface area contributed by atoms with Crippen LogP contribution in [0.5, 0.6) is 0 Å². The maximum atomic E-state index is 13.0. The highest BCUT2D eigenvalue weighted by Crippen LogP contribution is 2.20. The Morgan fingerprint density at radius 1 is 1.08 bits per heavy atom. The zero-order valence-electron chi connectivity index (χ0n) is 14.4. The Morgan fingerprint density at radius 2 is 1.76 bits per heavy atom. The van der Waals surface area contributed by atoms with Gasteiger partial charge in [0.2, 0.25) is 5.91 Å². The highest BCUT2D eigenvalue weighted by molar-refractivity contribution is 5.96. The van der Waals surface area contributed by atoms with Gasteiger partial charge in [-0.25, -0.2) is 0 Å².